The lowest BCUT2D eigenvalue weighted by molar-refractivity contribution is 0.192. The summed E-state index contributed by atoms with van der Waals surface area (Å²) in [5, 5.41) is 2.80. The van der Waals surface area contributed by atoms with Crippen LogP contribution in [0.5, 0.6) is 11.6 Å². The fraction of sp³-hybridized carbons (Fsp3) is 0.240. The van der Waals surface area contributed by atoms with Crippen LogP contribution in [0.4, 0.5) is 15.1 Å². The third-order valence-corrected chi connectivity index (χ3v) is 5.31. The van der Waals surface area contributed by atoms with Crippen LogP contribution in [0.25, 0.3) is 0 Å². The predicted octanol–water partition coefficient (Wildman–Crippen LogP) is 4.30. The molecule has 0 spiro atoms. The molecule has 0 aliphatic carbocycles. The minimum Gasteiger partial charge on any atom is -0.438 e. The number of carbonyl (C=O) groups is 1. The lowest BCUT2D eigenvalue weighted by Crippen LogP contribution is -2.43. The van der Waals surface area contributed by atoms with Gasteiger partial charge in [-0.15, -0.1) is 6.58 Å². The second-order valence-corrected chi connectivity index (χ2v) is 7.80. The Hall–Kier alpha value is -3.94. The van der Waals surface area contributed by atoms with Crippen molar-refractivity contribution in [3.8, 4) is 11.6 Å². The monoisotopic (exact) mass is 447 g/mol. The van der Waals surface area contributed by atoms with E-state index in [1.54, 1.807) is 23.1 Å². The van der Waals surface area contributed by atoms with Crippen molar-refractivity contribution in [3.05, 3.63) is 89.9 Å². The van der Waals surface area contributed by atoms with Crippen LogP contribution in [-0.2, 0) is 19.5 Å². The number of anilines is 1. The molecule has 0 atom stereocenters. The first-order valence-corrected chi connectivity index (χ1v) is 10.8. The van der Waals surface area contributed by atoms with E-state index < -0.39 is 5.82 Å². The molecule has 0 saturated heterocycles. The van der Waals surface area contributed by atoms with Crippen LogP contribution < -0.4 is 15.0 Å². The van der Waals surface area contributed by atoms with Gasteiger partial charge in [0, 0.05) is 39.2 Å². The molecule has 3 aromatic rings. The van der Waals surface area contributed by atoms with E-state index >= 15 is 0 Å². The van der Waals surface area contributed by atoms with Gasteiger partial charge in [-0.25, -0.2) is 14.2 Å². The molecule has 1 aliphatic heterocycles. The Morgan fingerprint density at radius 2 is 2.06 bits per heavy atom. The summed E-state index contributed by atoms with van der Waals surface area (Å²) >= 11 is 0. The topological polar surface area (TPSA) is 70.6 Å². The maximum Gasteiger partial charge on any atom is 0.317 e. The molecule has 1 aliphatic rings. The molecule has 0 fully saturated rings. The number of hydrogen-bond donors (Lipinski definition) is 1. The van der Waals surface area contributed by atoms with Crippen LogP contribution in [0.15, 0.2) is 67.3 Å². The van der Waals surface area contributed by atoms with E-state index in [0.717, 1.165) is 16.8 Å². The number of fused-ring (bicyclic) bond motifs is 1. The molecule has 2 aromatic carbocycles. The number of urea groups is 1. The van der Waals surface area contributed by atoms with Gasteiger partial charge in [-0.05, 0) is 17.7 Å². The van der Waals surface area contributed by atoms with Gasteiger partial charge in [0.1, 0.15) is 11.6 Å². The molecule has 1 N–H and O–H groups in total. The summed E-state index contributed by atoms with van der Waals surface area (Å²) in [7, 11) is 1.92. The van der Waals surface area contributed by atoms with E-state index in [9.17, 15) is 9.18 Å². The number of nitrogens with one attached hydrogen (secondary N) is 1. The standard InChI is InChI=1S/C25H26FN5O2/c1-3-13-27-25(32)31-14-12-22-21(17-31)23(33-20-11-7-10-19(26)15-20)29-24(28-22)30(2)16-18-8-5-4-6-9-18/h3-11,15H,1,12-14,16-17H2,2H3,(H,27,32). The van der Waals surface area contributed by atoms with E-state index in [1.165, 1.54) is 12.1 Å². The largest absolute Gasteiger partial charge is 0.438 e. The van der Waals surface area contributed by atoms with Gasteiger partial charge in [-0.3, -0.25) is 0 Å². The summed E-state index contributed by atoms with van der Waals surface area (Å²) in [6.45, 7) is 5.45. The van der Waals surface area contributed by atoms with Gasteiger partial charge in [0.05, 0.1) is 17.8 Å². The summed E-state index contributed by atoms with van der Waals surface area (Å²) in [6, 6.07) is 15.7. The molecular weight excluding hydrogens is 421 g/mol. The highest BCUT2D eigenvalue weighted by Crippen LogP contribution is 2.31. The number of ether oxygens (including phenoxy) is 1. The van der Waals surface area contributed by atoms with Gasteiger partial charge < -0.3 is 19.9 Å². The molecule has 4 rings (SSSR count). The zero-order chi connectivity index (χ0) is 23.2. The van der Waals surface area contributed by atoms with Gasteiger partial charge in [0.2, 0.25) is 11.8 Å². The summed E-state index contributed by atoms with van der Waals surface area (Å²) in [6.07, 6.45) is 2.19. The second kappa shape index (κ2) is 10.1. The molecule has 0 saturated carbocycles. The molecule has 2 amide bonds. The SMILES string of the molecule is C=CCNC(=O)N1CCc2nc(N(C)Cc3ccccc3)nc(Oc3cccc(F)c3)c2C1. The van der Waals surface area contributed by atoms with Gasteiger partial charge in [-0.1, -0.05) is 42.5 Å². The minimum atomic E-state index is -0.401. The number of halogens is 1. The van der Waals surface area contributed by atoms with Crippen molar-refractivity contribution in [3.63, 3.8) is 0 Å². The molecule has 1 aromatic heterocycles. The smallest absolute Gasteiger partial charge is 0.317 e. The van der Waals surface area contributed by atoms with E-state index in [0.29, 0.717) is 50.2 Å². The molecule has 0 bridgehead atoms. The molecule has 33 heavy (non-hydrogen) atoms. The maximum atomic E-state index is 13.8. The third-order valence-electron chi connectivity index (χ3n) is 5.31. The number of carbonyl (C=O) groups excluding carboxylic acids is 1. The zero-order valence-electron chi connectivity index (χ0n) is 18.5. The number of rotatable bonds is 7. The van der Waals surface area contributed by atoms with Crippen molar-refractivity contribution in [1.82, 2.24) is 20.2 Å². The van der Waals surface area contributed by atoms with E-state index in [2.05, 4.69) is 16.9 Å². The molecular formula is C25H26FN5O2. The Morgan fingerprint density at radius 1 is 1.24 bits per heavy atom. The number of hydrogen-bond acceptors (Lipinski definition) is 5. The van der Waals surface area contributed by atoms with Crippen molar-refractivity contribution in [2.75, 3.05) is 25.0 Å². The van der Waals surface area contributed by atoms with Crippen molar-refractivity contribution < 1.29 is 13.9 Å². The summed E-state index contributed by atoms with van der Waals surface area (Å²) in [5.74, 6) is 0.762. The van der Waals surface area contributed by atoms with Gasteiger partial charge in [0.25, 0.3) is 0 Å². The van der Waals surface area contributed by atoms with Crippen molar-refractivity contribution in [2.24, 2.45) is 0 Å². The first-order chi connectivity index (χ1) is 16.0. The van der Waals surface area contributed by atoms with Gasteiger partial charge in [-0.2, -0.15) is 4.98 Å². The van der Waals surface area contributed by atoms with Crippen molar-refractivity contribution in [1.29, 1.82) is 0 Å². The zero-order valence-corrected chi connectivity index (χ0v) is 18.5. The molecule has 0 radical (unpaired) electrons. The molecule has 0 unspecified atom stereocenters. The van der Waals surface area contributed by atoms with E-state index in [4.69, 9.17) is 9.72 Å². The van der Waals surface area contributed by atoms with Gasteiger partial charge >= 0.3 is 6.03 Å². The lowest BCUT2D eigenvalue weighted by Gasteiger charge is -2.30. The summed E-state index contributed by atoms with van der Waals surface area (Å²) in [5.41, 5.74) is 2.66. The summed E-state index contributed by atoms with van der Waals surface area (Å²) in [4.78, 5) is 25.5. The van der Waals surface area contributed by atoms with Crippen LogP contribution >= 0.6 is 0 Å². The highest BCUT2D eigenvalue weighted by molar-refractivity contribution is 5.74. The lowest BCUT2D eigenvalue weighted by atomic mass is 10.1. The Morgan fingerprint density at radius 3 is 2.82 bits per heavy atom. The average Bonchev–Trinajstić information content (AvgIpc) is 2.83. The molecule has 2 heterocycles. The quantitative estimate of drug-likeness (QED) is 0.547. The first-order valence-electron chi connectivity index (χ1n) is 10.8. The van der Waals surface area contributed by atoms with Crippen LogP contribution in [0.3, 0.4) is 0 Å². The second-order valence-electron chi connectivity index (χ2n) is 7.80. The van der Waals surface area contributed by atoms with Crippen LogP contribution in [-0.4, -0.2) is 41.0 Å². The number of amides is 2. The van der Waals surface area contributed by atoms with E-state index in [1.807, 2.05) is 42.3 Å². The Bertz CT molecular complexity index is 1140. The maximum absolute atomic E-state index is 13.8. The average molecular weight is 448 g/mol. The summed E-state index contributed by atoms with van der Waals surface area (Å²) < 4.78 is 19.8. The van der Waals surface area contributed by atoms with E-state index in [-0.39, 0.29) is 6.03 Å². The normalized spacial score (nSPS) is 12.6. The minimum absolute atomic E-state index is 0.192. The fourth-order valence-electron chi connectivity index (χ4n) is 3.64. The van der Waals surface area contributed by atoms with Crippen LogP contribution in [0, 0.1) is 5.82 Å². The number of nitrogens with zero attached hydrogens (tertiary/aromatic N) is 4. The van der Waals surface area contributed by atoms with Crippen LogP contribution in [0.2, 0.25) is 0 Å². The molecule has 7 nitrogen and oxygen atoms in total. The van der Waals surface area contributed by atoms with Crippen LogP contribution in [0.1, 0.15) is 16.8 Å². The highest BCUT2D eigenvalue weighted by atomic mass is 19.1. The van der Waals surface area contributed by atoms with Crippen molar-refractivity contribution in [2.45, 2.75) is 19.5 Å². The Labute approximate surface area is 192 Å². The number of aromatic nitrogens is 2. The third kappa shape index (κ3) is 5.46. The molecule has 170 valence electrons. The highest BCUT2D eigenvalue weighted by Gasteiger charge is 2.27. The Kier molecular flexibility index (Phi) is 6.83. The van der Waals surface area contributed by atoms with Crippen molar-refractivity contribution >= 4 is 12.0 Å². The van der Waals surface area contributed by atoms with Gasteiger partial charge in [0.15, 0.2) is 0 Å². The molecule has 8 heteroatoms. The fourth-order valence-corrected chi connectivity index (χ4v) is 3.64. The Balaban J connectivity index is 1.65. The predicted molar refractivity (Wildman–Crippen MR) is 125 cm³/mol. The number of benzene rings is 2. The first kappa shape index (κ1) is 22.3.